The highest BCUT2D eigenvalue weighted by Gasteiger charge is 2.16. The fourth-order valence-electron chi connectivity index (χ4n) is 2.24. The Kier molecular flexibility index (Phi) is 5.84. The summed E-state index contributed by atoms with van der Waals surface area (Å²) in [5, 5.41) is 12.7. The molecule has 0 spiro atoms. The second kappa shape index (κ2) is 8.12. The van der Waals surface area contributed by atoms with Crippen molar-refractivity contribution in [1.82, 2.24) is 0 Å². The van der Waals surface area contributed by atoms with Crippen LogP contribution in [0.5, 0.6) is 5.75 Å². The molecule has 0 saturated carbocycles. The quantitative estimate of drug-likeness (QED) is 0.321. The summed E-state index contributed by atoms with van der Waals surface area (Å²) in [6.45, 7) is 0. The van der Waals surface area contributed by atoms with Crippen molar-refractivity contribution in [3.8, 4) is 5.75 Å². The molecule has 5 nitrogen and oxygen atoms in total. The average Bonchev–Trinajstić information content (AvgIpc) is 2.65. The van der Waals surface area contributed by atoms with E-state index in [1.807, 2.05) is 6.07 Å². The number of aromatic hydroxyl groups is 1. The van der Waals surface area contributed by atoms with Gasteiger partial charge in [0.15, 0.2) is 5.84 Å². The topological polar surface area (TPSA) is 78.8 Å². The van der Waals surface area contributed by atoms with Crippen molar-refractivity contribution in [3.05, 3.63) is 87.9 Å². The summed E-state index contributed by atoms with van der Waals surface area (Å²) in [7, 11) is -3.94. The number of halogens is 2. The van der Waals surface area contributed by atoms with Crippen LogP contribution in [0.25, 0.3) is 0 Å². The highest BCUT2D eigenvalue weighted by atomic mass is 79.9. The Labute approximate surface area is 170 Å². The smallest absolute Gasteiger partial charge is 0.284 e. The van der Waals surface area contributed by atoms with Gasteiger partial charge >= 0.3 is 0 Å². The normalized spacial score (nSPS) is 12.0. The molecule has 0 saturated heterocycles. The van der Waals surface area contributed by atoms with Crippen LogP contribution in [-0.2, 0) is 10.0 Å². The van der Waals surface area contributed by atoms with Crippen molar-refractivity contribution in [1.29, 1.82) is 0 Å². The number of nitrogens with one attached hydrogen (secondary N) is 1. The van der Waals surface area contributed by atoms with Gasteiger partial charge in [-0.1, -0.05) is 57.9 Å². The molecule has 3 aromatic carbocycles. The van der Waals surface area contributed by atoms with E-state index in [4.69, 9.17) is 11.6 Å². The maximum absolute atomic E-state index is 12.7. The van der Waals surface area contributed by atoms with Gasteiger partial charge < -0.3 is 10.4 Å². The molecule has 0 aliphatic rings. The molecule has 27 heavy (non-hydrogen) atoms. The van der Waals surface area contributed by atoms with E-state index in [0.29, 0.717) is 11.3 Å². The number of benzene rings is 3. The van der Waals surface area contributed by atoms with Crippen molar-refractivity contribution >= 4 is 49.1 Å². The number of phenolic OH excluding ortho intramolecular Hbond substituents is 1. The Balaban J connectivity index is 2.05. The van der Waals surface area contributed by atoms with Crippen LogP contribution in [-0.4, -0.2) is 19.4 Å². The molecule has 8 heteroatoms. The van der Waals surface area contributed by atoms with Crippen LogP contribution >= 0.6 is 27.5 Å². The first-order valence-corrected chi connectivity index (χ1v) is 10.4. The minimum atomic E-state index is -3.94. The minimum Gasteiger partial charge on any atom is -0.506 e. The molecule has 0 atom stereocenters. The molecular weight excluding hydrogens is 452 g/mol. The molecule has 0 amide bonds. The monoisotopic (exact) mass is 464 g/mol. The molecule has 138 valence electrons. The van der Waals surface area contributed by atoms with Crippen molar-refractivity contribution < 1.29 is 13.5 Å². The second-order valence-electron chi connectivity index (χ2n) is 5.53. The average molecular weight is 466 g/mol. The molecule has 0 fully saturated rings. The highest BCUT2D eigenvalue weighted by molar-refractivity contribution is 9.10. The SMILES string of the molecule is O=S(=O)(N=C(Nc1ccc(O)c(Cl)c1)c1ccccc1)c1ccc(Br)cc1. The lowest BCUT2D eigenvalue weighted by Crippen LogP contribution is -2.16. The largest absolute Gasteiger partial charge is 0.506 e. The molecule has 2 N–H and O–H groups in total. The molecule has 3 rings (SSSR count). The van der Waals surface area contributed by atoms with Crippen molar-refractivity contribution in [2.75, 3.05) is 5.32 Å². The summed E-state index contributed by atoms with van der Waals surface area (Å²) in [6.07, 6.45) is 0. The zero-order valence-corrected chi connectivity index (χ0v) is 17.0. The minimum absolute atomic E-state index is 0.0668. The molecule has 0 heterocycles. The van der Waals surface area contributed by atoms with Gasteiger partial charge in [-0.25, -0.2) is 0 Å². The van der Waals surface area contributed by atoms with Gasteiger partial charge in [0.25, 0.3) is 10.0 Å². The van der Waals surface area contributed by atoms with Gasteiger partial charge in [0.05, 0.1) is 9.92 Å². The van der Waals surface area contributed by atoms with Gasteiger partial charge in [-0.3, -0.25) is 0 Å². The van der Waals surface area contributed by atoms with E-state index in [9.17, 15) is 13.5 Å². The Morgan fingerprint density at radius 1 is 1.00 bits per heavy atom. The zero-order valence-electron chi connectivity index (χ0n) is 13.8. The number of amidine groups is 1. The lowest BCUT2D eigenvalue weighted by molar-refractivity contribution is 0.475. The second-order valence-corrected chi connectivity index (χ2v) is 8.45. The molecule has 0 aliphatic carbocycles. The first-order chi connectivity index (χ1) is 12.8. The van der Waals surface area contributed by atoms with Crippen molar-refractivity contribution in [2.45, 2.75) is 4.90 Å². The number of rotatable bonds is 4. The first-order valence-electron chi connectivity index (χ1n) is 7.77. The lowest BCUT2D eigenvalue weighted by atomic mass is 10.2. The van der Waals surface area contributed by atoms with Gasteiger partial charge in [-0.05, 0) is 42.5 Å². The number of hydrogen-bond donors (Lipinski definition) is 2. The standard InChI is InChI=1S/C19H14BrClN2O3S/c20-14-6-9-16(10-7-14)27(25,26)23-19(13-4-2-1-3-5-13)22-15-8-11-18(24)17(21)12-15/h1-12,24H,(H,22,23). The van der Waals surface area contributed by atoms with Gasteiger partial charge in [0.1, 0.15) is 5.75 Å². The van der Waals surface area contributed by atoms with Crippen LogP contribution in [0.1, 0.15) is 5.56 Å². The van der Waals surface area contributed by atoms with Crippen LogP contribution < -0.4 is 5.32 Å². The van der Waals surface area contributed by atoms with E-state index in [1.165, 1.54) is 24.3 Å². The summed E-state index contributed by atoms with van der Waals surface area (Å²) >= 11 is 9.22. The maximum atomic E-state index is 12.7. The number of hydrogen-bond acceptors (Lipinski definition) is 3. The third-order valence-corrected chi connectivity index (χ3v) is 5.70. The van der Waals surface area contributed by atoms with Crippen LogP contribution in [0, 0.1) is 0 Å². The fourth-order valence-corrected chi connectivity index (χ4v) is 3.67. The highest BCUT2D eigenvalue weighted by Crippen LogP contribution is 2.27. The Morgan fingerprint density at radius 2 is 1.67 bits per heavy atom. The summed E-state index contributed by atoms with van der Waals surface area (Å²) in [6, 6.07) is 19.6. The maximum Gasteiger partial charge on any atom is 0.284 e. The van der Waals surface area contributed by atoms with E-state index < -0.39 is 10.0 Å². The Bertz CT molecular complexity index is 1090. The van der Waals surface area contributed by atoms with Crippen molar-refractivity contribution in [2.24, 2.45) is 4.40 Å². The van der Waals surface area contributed by atoms with Gasteiger partial charge in [-0.15, -0.1) is 4.40 Å². The predicted octanol–water partition coefficient (Wildman–Crippen LogP) is 5.06. The molecule has 3 aromatic rings. The van der Waals surface area contributed by atoms with E-state index in [-0.39, 0.29) is 21.5 Å². The number of sulfonamides is 1. The van der Waals surface area contributed by atoms with Crippen LogP contribution in [0.2, 0.25) is 5.02 Å². The molecule has 0 aliphatic heterocycles. The number of nitrogens with zero attached hydrogens (tertiary/aromatic N) is 1. The summed E-state index contributed by atoms with van der Waals surface area (Å²) in [5.74, 6) is 0.0724. The number of anilines is 1. The van der Waals surface area contributed by atoms with Crippen LogP contribution in [0.4, 0.5) is 5.69 Å². The van der Waals surface area contributed by atoms with Crippen LogP contribution in [0.15, 0.2) is 86.6 Å². The predicted molar refractivity (Wildman–Crippen MR) is 111 cm³/mol. The third kappa shape index (κ3) is 4.88. The van der Waals surface area contributed by atoms with Gasteiger partial charge in [0.2, 0.25) is 0 Å². The third-order valence-electron chi connectivity index (χ3n) is 3.58. The number of phenols is 1. The molecule has 0 aromatic heterocycles. The van der Waals surface area contributed by atoms with Crippen molar-refractivity contribution in [3.63, 3.8) is 0 Å². The van der Waals surface area contributed by atoms with Gasteiger partial charge in [-0.2, -0.15) is 8.42 Å². The summed E-state index contributed by atoms with van der Waals surface area (Å²) in [4.78, 5) is 0.0738. The van der Waals surface area contributed by atoms with E-state index >= 15 is 0 Å². The molecule has 0 radical (unpaired) electrons. The Morgan fingerprint density at radius 3 is 2.30 bits per heavy atom. The molecule has 0 bridgehead atoms. The lowest BCUT2D eigenvalue weighted by Gasteiger charge is -2.11. The van der Waals surface area contributed by atoms with Crippen LogP contribution in [0.3, 0.4) is 0 Å². The van der Waals surface area contributed by atoms with E-state index in [2.05, 4.69) is 25.6 Å². The summed E-state index contributed by atoms with van der Waals surface area (Å²) < 4.78 is 30.2. The molecular formula is C19H14BrClN2O3S. The molecule has 0 unspecified atom stereocenters. The first kappa shape index (κ1) is 19.4. The van der Waals surface area contributed by atoms with E-state index in [1.54, 1.807) is 42.5 Å². The van der Waals surface area contributed by atoms with E-state index in [0.717, 1.165) is 4.47 Å². The summed E-state index contributed by atoms with van der Waals surface area (Å²) in [5.41, 5.74) is 1.08. The fraction of sp³-hybridized carbons (Fsp3) is 0. The zero-order chi connectivity index (χ0) is 19.4. The Hall–Kier alpha value is -2.35. The van der Waals surface area contributed by atoms with Gasteiger partial charge in [0, 0.05) is 15.7 Å².